The van der Waals surface area contributed by atoms with Gasteiger partial charge in [0.2, 0.25) is 0 Å². The first-order chi connectivity index (χ1) is 9.95. The minimum atomic E-state index is -1.04. The highest BCUT2D eigenvalue weighted by atomic mass is 19.1. The lowest BCUT2D eigenvalue weighted by Gasteiger charge is -2.26. The van der Waals surface area contributed by atoms with E-state index in [0.717, 1.165) is 25.6 Å². The number of carbonyl (C=O) groups is 1. The van der Waals surface area contributed by atoms with Crippen molar-refractivity contribution in [3.05, 3.63) is 35.7 Å². The molecule has 0 unspecified atom stereocenters. The minimum absolute atomic E-state index is 0.325. The maximum absolute atomic E-state index is 14.2. The van der Waals surface area contributed by atoms with Gasteiger partial charge < -0.3 is 14.9 Å². The van der Waals surface area contributed by atoms with E-state index >= 15 is 0 Å². The molecule has 1 aromatic carbocycles. The average molecular weight is 294 g/mol. The number of halogens is 1. The lowest BCUT2D eigenvalue weighted by atomic mass is 10.1. The van der Waals surface area contributed by atoms with E-state index in [2.05, 4.69) is 4.90 Å². The summed E-state index contributed by atoms with van der Waals surface area (Å²) in [5.41, 5.74) is 1.06. The van der Waals surface area contributed by atoms with Gasteiger partial charge in [-0.3, -0.25) is 0 Å². The van der Waals surface area contributed by atoms with E-state index in [1.54, 1.807) is 12.1 Å². The average Bonchev–Trinajstić information content (AvgIpc) is 2.42. The Morgan fingerprint density at radius 1 is 1.33 bits per heavy atom. The van der Waals surface area contributed by atoms with Gasteiger partial charge in [0.1, 0.15) is 5.82 Å². The molecule has 4 nitrogen and oxygen atoms in total. The largest absolute Gasteiger partial charge is 0.478 e. The molecule has 0 saturated heterocycles. The number of aliphatic carboxylic acids is 1. The van der Waals surface area contributed by atoms with Crippen molar-refractivity contribution in [2.45, 2.75) is 13.3 Å². The molecule has 1 N–H and O–H groups in total. The molecule has 0 aliphatic heterocycles. The van der Waals surface area contributed by atoms with Crippen LogP contribution in [0.1, 0.15) is 18.9 Å². The lowest BCUT2D eigenvalue weighted by Crippen LogP contribution is -2.28. The molecule has 21 heavy (non-hydrogen) atoms. The van der Waals surface area contributed by atoms with Crippen LogP contribution in [0, 0.1) is 5.82 Å². The van der Waals surface area contributed by atoms with Gasteiger partial charge in [0, 0.05) is 24.7 Å². The standard InChI is InChI=1S/C16H23FN2O2/c1-4-19(12-6-11-18(2)3)16-13(9-10-15(20)21)7-5-8-14(16)17/h5,7-10H,4,6,11-12H2,1-3H3,(H,20,21)/b10-9+. The van der Waals surface area contributed by atoms with Gasteiger partial charge >= 0.3 is 5.97 Å². The number of carboxylic acid groups (broad SMARTS) is 1. The van der Waals surface area contributed by atoms with Gasteiger partial charge in [-0.25, -0.2) is 9.18 Å². The van der Waals surface area contributed by atoms with Crippen molar-refractivity contribution in [3.63, 3.8) is 0 Å². The summed E-state index contributed by atoms with van der Waals surface area (Å²) < 4.78 is 14.2. The number of hydrogen-bond donors (Lipinski definition) is 1. The van der Waals surface area contributed by atoms with Gasteiger partial charge in [-0.15, -0.1) is 0 Å². The molecule has 0 aliphatic rings. The zero-order valence-electron chi connectivity index (χ0n) is 12.8. The molecule has 1 rings (SSSR count). The summed E-state index contributed by atoms with van der Waals surface area (Å²) in [6.07, 6.45) is 3.39. The fraction of sp³-hybridized carbons (Fsp3) is 0.438. The van der Waals surface area contributed by atoms with Crippen molar-refractivity contribution in [2.75, 3.05) is 38.6 Å². The summed E-state index contributed by atoms with van der Waals surface area (Å²) in [7, 11) is 4.00. The van der Waals surface area contributed by atoms with Crippen LogP contribution in [0.3, 0.4) is 0 Å². The zero-order valence-corrected chi connectivity index (χ0v) is 12.8. The van der Waals surface area contributed by atoms with E-state index < -0.39 is 5.97 Å². The fourth-order valence-corrected chi connectivity index (χ4v) is 2.17. The molecular formula is C16H23FN2O2. The number of anilines is 1. The summed E-state index contributed by atoms with van der Waals surface area (Å²) in [4.78, 5) is 14.7. The van der Waals surface area contributed by atoms with Crippen LogP contribution in [0.15, 0.2) is 24.3 Å². The Labute approximate surface area is 125 Å². The van der Waals surface area contributed by atoms with E-state index in [-0.39, 0.29) is 5.82 Å². The molecular weight excluding hydrogens is 271 g/mol. The van der Waals surface area contributed by atoms with Crippen LogP contribution in [0.4, 0.5) is 10.1 Å². The molecule has 116 valence electrons. The predicted molar refractivity (Wildman–Crippen MR) is 84.1 cm³/mol. The second-order valence-electron chi connectivity index (χ2n) is 5.09. The topological polar surface area (TPSA) is 43.8 Å². The maximum atomic E-state index is 14.2. The molecule has 1 aromatic rings. The quantitative estimate of drug-likeness (QED) is 0.749. The summed E-state index contributed by atoms with van der Waals surface area (Å²) in [6.45, 7) is 4.28. The summed E-state index contributed by atoms with van der Waals surface area (Å²) in [6, 6.07) is 4.72. The molecule has 5 heteroatoms. The highest BCUT2D eigenvalue weighted by molar-refractivity contribution is 5.87. The molecule has 0 amide bonds. The van der Waals surface area contributed by atoms with Gasteiger partial charge in [-0.2, -0.15) is 0 Å². The lowest BCUT2D eigenvalue weighted by molar-refractivity contribution is -0.131. The molecule has 0 bridgehead atoms. The number of nitrogens with zero attached hydrogens (tertiary/aromatic N) is 2. The summed E-state index contributed by atoms with van der Waals surface area (Å²) >= 11 is 0. The van der Waals surface area contributed by atoms with E-state index in [4.69, 9.17) is 5.11 Å². The monoisotopic (exact) mass is 294 g/mol. The SMILES string of the molecule is CCN(CCCN(C)C)c1c(F)cccc1/C=C/C(=O)O. The summed E-state index contributed by atoms with van der Waals surface area (Å²) in [5, 5.41) is 8.73. The van der Waals surface area contributed by atoms with Crippen molar-refractivity contribution >= 4 is 17.7 Å². The van der Waals surface area contributed by atoms with E-state index in [0.29, 0.717) is 17.8 Å². The zero-order chi connectivity index (χ0) is 15.8. The number of rotatable bonds is 8. The van der Waals surface area contributed by atoms with Crippen LogP contribution >= 0.6 is 0 Å². The van der Waals surface area contributed by atoms with Crippen LogP contribution in [-0.2, 0) is 4.79 Å². The smallest absolute Gasteiger partial charge is 0.328 e. The molecule has 0 atom stereocenters. The number of benzene rings is 1. The minimum Gasteiger partial charge on any atom is -0.478 e. The third kappa shape index (κ3) is 5.55. The van der Waals surface area contributed by atoms with E-state index in [1.165, 1.54) is 12.1 Å². The normalized spacial score (nSPS) is 11.3. The Bertz CT molecular complexity index is 501. The highest BCUT2D eigenvalue weighted by Crippen LogP contribution is 2.26. The molecule has 0 saturated carbocycles. The molecule has 0 fully saturated rings. The molecule has 0 spiro atoms. The number of carboxylic acids is 1. The predicted octanol–water partition coefficient (Wildman–Crippen LogP) is 2.70. The van der Waals surface area contributed by atoms with Crippen LogP contribution in [0.2, 0.25) is 0 Å². The van der Waals surface area contributed by atoms with Crippen molar-refractivity contribution in [1.29, 1.82) is 0 Å². The maximum Gasteiger partial charge on any atom is 0.328 e. The Morgan fingerprint density at radius 2 is 2.05 bits per heavy atom. The molecule has 0 aromatic heterocycles. The van der Waals surface area contributed by atoms with Gasteiger partial charge in [0.05, 0.1) is 5.69 Å². The fourth-order valence-electron chi connectivity index (χ4n) is 2.17. The van der Waals surface area contributed by atoms with Crippen molar-refractivity contribution < 1.29 is 14.3 Å². The number of para-hydroxylation sites is 1. The first-order valence-corrected chi connectivity index (χ1v) is 7.05. The number of hydrogen-bond acceptors (Lipinski definition) is 3. The van der Waals surface area contributed by atoms with Crippen LogP contribution in [-0.4, -0.2) is 49.7 Å². The van der Waals surface area contributed by atoms with Gasteiger partial charge in [-0.05, 0) is 46.1 Å². The third-order valence-corrected chi connectivity index (χ3v) is 3.15. The van der Waals surface area contributed by atoms with Gasteiger partial charge in [-0.1, -0.05) is 12.1 Å². The highest BCUT2D eigenvalue weighted by Gasteiger charge is 2.13. The molecule has 0 aliphatic carbocycles. The Hall–Kier alpha value is -1.88. The van der Waals surface area contributed by atoms with Crippen LogP contribution < -0.4 is 4.90 Å². The Kier molecular flexibility index (Phi) is 6.88. The molecule has 0 heterocycles. The summed E-state index contributed by atoms with van der Waals surface area (Å²) in [5.74, 6) is -1.37. The first-order valence-electron chi connectivity index (χ1n) is 7.05. The van der Waals surface area contributed by atoms with Crippen LogP contribution in [0.25, 0.3) is 6.08 Å². The van der Waals surface area contributed by atoms with Gasteiger partial charge in [0.25, 0.3) is 0 Å². The van der Waals surface area contributed by atoms with Crippen LogP contribution in [0.5, 0.6) is 0 Å². The van der Waals surface area contributed by atoms with E-state index in [9.17, 15) is 9.18 Å². The second-order valence-corrected chi connectivity index (χ2v) is 5.09. The van der Waals surface area contributed by atoms with Gasteiger partial charge in [0.15, 0.2) is 0 Å². The third-order valence-electron chi connectivity index (χ3n) is 3.15. The molecule has 0 radical (unpaired) electrons. The second kappa shape index (κ2) is 8.42. The van der Waals surface area contributed by atoms with Crippen molar-refractivity contribution in [3.8, 4) is 0 Å². The first kappa shape index (κ1) is 17.2. The van der Waals surface area contributed by atoms with E-state index in [1.807, 2.05) is 25.9 Å². The van der Waals surface area contributed by atoms with Crippen molar-refractivity contribution in [2.24, 2.45) is 0 Å². The van der Waals surface area contributed by atoms with Crippen molar-refractivity contribution in [1.82, 2.24) is 4.90 Å². The Morgan fingerprint density at radius 3 is 2.62 bits per heavy atom. The Balaban J connectivity index is 2.98.